The van der Waals surface area contributed by atoms with Crippen LogP contribution in [0.3, 0.4) is 0 Å². The first-order valence-electron chi connectivity index (χ1n) is 10.1. The Bertz CT molecular complexity index is 844. The number of imidazole rings is 1. The van der Waals surface area contributed by atoms with Crippen molar-refractivity contribution in [3.8, 4) is 0 Å². The average molecular weight is 369 g/mol. The van der Waals surface area contributed by atoms with E-state index in [1.807, 2.05) is 17.3 Å². The minimum atomic E-state index is 0.0621. The van der Waals surface area contributed by atoms with Gasteiger partial charge in [0.25, 0.3) is 5.91 Å². The van der Waals surface area contributed by atoms with Crippen molar-refractivity contribution in [2.45, 2.75) is 37.8 Å². The number of carbonyl (C=O) groups excluding carboxylic acids is 1. The summed E-state index contributed by atoms with van der Waals surface area (Å²) in [7, 11) is 2.13. The highest BCUT2D eigenvalue weighted by Gasteiger charge is 2.34. The molecule has 144 valence electrons. The van der Waals surface area contributed by atoms with Crippen molar-refractivity contribution in [1.82, 2.24) is 24.3 Å². The molecular weight excluding hydrogens is 342 g/mol. The van der Waals surface area contributed by atoms with Gasteiger partial charge in [0, 0.05) is 37.8 Å². The van der Waals surface area contributed by atoms with Crippen LogP contribution >= 0.6 is 0 Å². The lowest BCUT2D eigenvalue weighted by molar-refractivity contribution is 0.0433. The van der Waals surface area contributed by atoms with Gasteiger partial charge in [0.2, 0.25) is 0 Å². The Morgan fingerprint density at radius 1 is 1.11 bits per heavy atom. The highest BCUT2D eigenvalue weighted by atomic mass is 16.5. The molecule has 3 aliphatic rings. The van der Waals surface area contributed by atoms with Gasteiger partial charge < -0.3 is 14.2 Å². The van der Waals surface area contributed by atoms with E-state index >= 15 is 0 Å². The molecule has 0 aromatic carbocycles. The van der Waals surface area contributed by atoms with Crippen molar-refractivity contribution in [1.29, 1.82) is 0 Å². The van der Waals surface area contributed by atoms with E-state index < -0.39 is 0 Å². The summed E-state index contributed by atoms with van der Waals surface area (Å²) in [6.07, 6.45) is 8.57. The van der Waals surface area contributed by atoms with Gasteiger partial charge in [0.05, 0.1) is 31.1 Å². The topological polar surface area (TPSA) is 63.5 Å². The van der Waals surface area contributed by atoms with Crippen molar-refractivity contribution in [2.75, 3.05) is 39.9 Å². The fourth-order valence-electron chi connectivity index (χ4n) is 4.88. The van der Waals surface area contributed by atoms with Crippen LogP contribution in [0.25, 0.3) is 11.2 Å². The van der Waals surface area contributed by atoms with Crippen LogP contribution in [0.4, 0.5) is 0 Å². The Hall–Kier alpha value is -1.99. The normalized spacial score (nSPS) is 27.2. The Morgan fingerprint density at radius 3 is 2.81 bits per heavy atom. The second-order valence-corrected chi connectivity index (χ2v) is 8.36. The molecule has 1 saturated carbocycles. The molecule has 3 fully saturated rings. The van der Waals surface area contributed by atoms with Gasteiger partial charge in [-0.05, 0) is 26.0 Å². The zero-order valence-corrected chi connectivity index (χ0v) is 15.9. The zero-order chi connectivity index (χ0) is 18.4. The molecule has 2 aromatic heterocycles. The summed E-state index contributed by atoms with van der Waals surface area (Å²) in [6.45, 7) is 3.86. The van der Waals surface area contributed by atoms with Crippen molar-refractivity contribution in [3.05, 3.63) is 24.2 Å². The number of hydrogen-bond donors (Lipinski definition) is 0. The number of carbonyl (C=O) groups is 1. The Kier molecular flexibility index (Phi) is 4.36. The zero-order valence-electron chi connectivity index (χ0n) is 15.9. The molecule has 7 heteroatoms. The quantitative estimate of drug-likeness (QED) is 0.810. The van der Waals surface area contributed by atoms with Gasteiger partial charge in [0.15, 0.2) is 5.65 Å². The molecule has 0 radical (unpaired) electrons. The molecule has 0 unspecified atom stereocenters. The fraction of sp³-hybridized carbons (Fsp3) is 0.650. The van der Waals surface area contributed by atoms with Crippen molar-refractivity contribution in [3.63, 3.8) is 0 Å². The number of amides is 1. The largest absolute Gasteiger partial charge is 0.379 e. The fourth-order valence-corrected chi connectivity index (χ4v) is 4.88. The van der Waals surface area contributed by atoms with E-state index in [9.17, 15) is 4.79 Å². The maximum Gasteiger partial charge on any atom is 0.255 e. The van der Waals surface area contributed by atoms with Crippen LogP contribution in [0.5, 0.6) is 0 Å². The molecule has 2 atom stereocenters. The molecular formula is C20H27N5O2. The van der Waals surface area contributed by atoms with Gasteiger partial charge >= 0.3 is 0 Å². The monoisotopic (exact) mass is 369 g/mol. The maximum absolute atomic E-state index is 13.2. The third kappa shape index (κ3) is 3.12. The standard InChI is InChI=1S/C20H27N5O2/c1-23-8-14-9-24(10-17(23)12-27-11-14)20(26)15-6-18-19(21-7-15)25(13-22-18)16-4-2-3-5-16/h6-7,13-14,16-17H,2-5,8-12H2,1H3/t14-,17+/m1/s1. The summed E-state index contributed by atoms with van der Waals surface area (Å²) in [5.74, 6) is 0.428. The minimum absolute atomic E-state index is 0.0621. The van der Waals surface area contributed by atoms with Gasteiger partial charge in [0.1, 0.15) is 5.52 Å². The van der Waals surface area contributed by atoms with E-state index in [1.54, 1.807) is 6.20 Å². The highest BCUT2D eigenvalue weighted by Crippen LogP contribution is 2.31. The first-order chi connectivity index (χ1) is 13.2. The number of hydrogen-bond acceptors (Lipinski definition) is 5. The molecule has 2 saturated heterocycles. The number of pyridine rings is 1. The summed E-state index contributed by atoms with van der Waals surface area (Å²) in [5.41, 5.74) is 2.37. The number of fused-ring (bicyclic) bond motifs is 4. The number of rotatable bonds is 2. The summed E-state index contributed by atoms with van der Waals surface area (Å²) in [5, 5.41) is 0. The van der Waals surface area contributed by atoms with E-state index in [-0.39, 0.29) is 11.9 Å². The molecule has 27 heavy (non-hydrogen) atoms. The van der Waals surface area contributed by atoms with Gasteiger partial charge in [-0.15, -0.1) is 0 Å². The van der Waals surface area contributed by atoms with Crippen LogP contribution in [-0.4, -0.2) is 76.2 Å². The van der Waals surface area contributed by atoms with Crippen LogP contribution in [-0.2, 0) is 4.74 Å². The van der Waals surface area contributed by atoms with E-state index in [2.05, 4.69) is 26.5 Å². The van der Waals surface area contributed by atoms with Crippen LogP contribution in [0.2, 0.25) is 0 Å². The van der Waals surface area contributed by atoms with Crippen LogP contribution in [0, 0.1) is 5.92 Å². The molecule has 7 nitrogen and oxygen atoms in total. The molecule has 4 heterocycles. The first-order valence-corrected chi connectivity index (χ1v) is 10.1. The highest BCUT2D eigenvalue weighted by molar-refractivity contribution is 5.96. The summed E-state index contributed by atoms with van der Waals surface area (Å²) >= 11 is 0. The number of nitrogens with zero attached hydrogens (tertiary/aromatic N) is 5. The van der Waals surface area contributed by atoms with Crippen molar-refractivity contribution < 1.29 is 9.53 Å². The van der Waals surface area contributed by atoms with Gasteiger partial charge in [-0.1, -0.05) is 12.8 Å². The third-order valence-electron chi connectivity index (χ3n) is 6.41. The molecule has 5 rings (SSSR count). The van der Waals surface area contributed by atoms with E-state index in [4.69, 9.17) is 4.74 Å². The summed E-state index contributed by atoms with van der Waals surface area (Å²) in [6, 6.07) is 2.68. The van der Waals surface area contributed by atoms with Crippen molar-refractivity contribution >= 4 is 17.1 Å². The number of likely N-dealkylation sites (N-methyl/N-ethyl adjacent to an activating group) is 1. The third-order valence-corrected chi connectivity index (χ3v) is 6.41. The van der Waals surface area contributed by atoms with Gasteiger partial charge in [-0.3, -0.25) is 9.69 Å². The smallest absolute Gasteiger partial charge is 0.255 e. The molecule has 0 spiro atoms. The van der Waals surface area contributed by atoms with Crippen LogP contribution in [0.1, 0.15) is 42.1 Å². The average Bonchev–Trinajstić information content (AvgIpc) is 3.25. The Morgan fingerprint density at radius 2 is 1.96 bits per heavy atom. The minimum Gasteiger partial charge on any atom is -0.379 e. The van der Waals surface area contributed by atoms with Gasteiger partial charge in [-0.2, -0.15) is 0 Å². The first kappa shape index (κ1) is 17.1. The predicted molar refractivity (Wildman–Crippen MR) is 102 cm³/mol. The maximum atomic E-state index is 13.2. The molecule has 2 bridgehead atoms. The summed E-state index contributed by atoms with van der Waals surface area (Å²) < 4.78 is 7.96. The predicted octanol–water partition coefficient (Wildman–Crippen LogP) is 1.95. The molecule has 2 aliphatic heterocycles. The number of aromatic nitrogens is 3. The Labute approximate surface area is 159 Å². The lowest BCUT2D eigenvalue weighted by Gasteiger charge is -2.29. The molecule has 0 N–H and O–H groups in total. The van der Waals surface area contributed by atoms with Crippen LogP contribution in [0.15, 0.2) is 18.6 Å². The summed E-state index contributed by atoms with van der Waals surface area (Å²) in [4.78, 5) is 26.7. The van der Waals surface area contributed by atoms with E-state index in [0.29, 0.717) is 30.7 Å². The van der Waals surface area contributed by atoms with Crippen molar-refractivity contribution in [2.24, 2.45) is 5.92 Å². The molecule has 2 aromatic rings. The lowest BCUT2D eigenvalue weighted by atomic mass is 10.1. The number of ether oxygens (including phenoxy) is 1. The van der Waals surface area contributed by atoms with E-state index in [1.165, 1.54) is 25.7 Å². The van der Waals surface area contributed by atoms with E-state index in [0.717, 1.165) is 30.9 Å². The van der Waals surface area contributed by atoms with Crippen LogP contribution < -0.4 is 0 Å². The van der Waals surface area contributed by atoms with Gasteiger partial charge in [-0.25, -0.2) is 9.97 Å². The molecule has 1 amide bonds. The SMILES string of the molecule is CN1C[C@H]2COC[C@@H]1CN(C(=O)c1cnc3c(c1)ncn3C1CCCC1)C2. The second kappa shape index (κ2) is 6.87. The second-order valence-electron chi connectivity index (χ2n) is 8.36. The Balaban J connectivity index is 1.40. The molecule has 1 aliphatic carbocycles. The lowest BCUT2D eigenvalue weighted by Crippen LogP contribution is -2.44.